The molecule has 1 aromatic heterocycles. The fourth-order valence-electron chi connectivity index (χ4n) is 1.33. The molecule has 1 rings (SSSR count). The van der Waals surface area contributed by atoms with Gasteiger partial charge in [0.05, 0.1) is 5.75 Å². The van der Waals surface area contributed by atoms with Gasteiger partial charge in [0.15, 0.2) is 0 Å². The highest BCUT2D eigenvalue weighted by molar-refractivity contribution is 7.90. The van der Waals surface area contributed by atoms with Crippen molar-refractivity contribution in [2.45, 2.75) is 19.4 Å². The summed E-state index contributed by atoms with van der Waals surface area (Å²) in [6, 6.07) is 2.42. The second-order valence-electron chi connectivity index (χ2n) is 3.82. The highest BCUT2D eigenvalue weighted by Gasteiger charge is 2.05. The second kappa shape index (κ2) is 5.63. The summed E-state index contributed by atoms with van der Waals surface area (Å²) in [6.07, 6.45) is 2.21. The van der Waals surface area contributed by atoms with E-state index in [1.165, 1.54) is 11.8 Å². The van der Waals surface area contributed by atoms with Crippen molar-refractivity contribution in [3.8, 4) is 0 Å². The summed E-state index contributed by atoms with van der Waals surface area (Å²) in [4.78, 5) is 0. The predicted molar refractivity (Wildman–Crippen MR) is 65.2 cm³/mol. The molecule has 1 heterocycles. The van der Waals surface area contributed by atoms with E-state index in [2.05, 4.69) is 29.1 Å². The van der Waals surface area contributed by atoms with E-state index in [1.807, 2.05) is 0 Å². The maximum atomic E-state index is 10.9. The zero-order valence-corrected chi connectivity index (χ0v) is 10.7. The largest absolute Gasteiger partial charge is 0.313 e. The average Bonchev–Trinajstić information content (AvgIpc) is 2.54. The van der Waals surface area contributed by atoms with Gasteiger partial charge in [-0.1, -0.05) is 0 Å². The Kier molecular flexibility index (Phi) is 4.76. The van der Waals surface area contributed by atoms with Gasteiger partial charge in [-0.05, 0) is 35.7 Å². The van der Waals surface area contributed by atoms with Gasteiger partial charge in [0, 0.05) is 18.8 Å². The third kappa shape index (κ3) is 5.92. The molecular weight excluding hydrogens is 230 g/mol. The molecule has 3 nitrogen and oxygen atoms in total. The van der Waals surface area contributed by atoms with E-state index >= 15 is 0 Å². The maximum absolute atomic E-state index is 10.9. The molecule has 1 unspecified atom stereocenters. The zero-order valence-electron chi connectivity index (χ0n) is 9.06. The summed E-state index contributed by atoms with van der Waals surface area (Å²) in [7, 11) is -2.84. The van der Waals surface area contributed by atoms with Crippen molar-refractivity contribution in [1.29, 1.82) is 0 Å². The fourth-order valence-corrected chi connectivity index (χ4v) is 2.50. The van der Waals surface area contributed by atoms with Crippen molar-refractivity contribution in [2.75, 3.05) is 18.6 Å². The molecule has 0 fully saturated rings. The molecule has 0 bridgehead atoms. The number of hydrogen-bond acceptors (Lipinski definition) is 4. The fraction of sp³-hybridized carbons (Fsp3) is 0.600. The first-order valence-corrected chi connectivity index (χ1v) is 7.90. The van der Waals surface area contributed by atoms with Crippen LogP contribution in [0.4, 0.5) is 0 Å². The highest BCUT2D eigenvalue weighted by atomic mass is 32.2. The summed E-state index contributed by atoms with van der Waals surface area (Å²) in [5, 5.41) is 7.38. The molecule has 0 radical (unpaired) electrons. The van der Waals surface area contributed by atoms with Gasteiger partial charge in [-0.15, -0.1) is 0 Å². The molecule has 0 amide bonds. The zero-order chi connectivity index (χ0) is 11.3. The second-order valence-corrected chi connectivity index (χ2v) is 6.86. The predicted octanol–water partition coefficient (Wildman–Crippen LogP) is 1.31. The van der Waals surface area contributed by atoms with Crippen molar-refractivity contribution in [3.05, 3.63) is 22.4 Å². The van der Waals surface area contributed by atoms with Gasteiger partial charge < -0.3 is 5.32 Å². The minimum atomic E-state index is -2.84. The van der Waals surface area contributed by atoms with Crippen LogP contribution in [0.3, 0.4) is 0 Å². The van der Waals surface area contributed by atoms with E-state index in [9.17, 15) is 8.42 Å². The minimum absolute atomic E-state index is 0.209. The van der Waals surface area contributed by atoms with Crippen LogP contribution in [0.1, 0.15) is 12.5 Å². The Morgan fingerprint density at radius 1 is 1.53 bits per heavy atom. The van der Waals surface area contributed by atoms with Gasteiger partial charge in [-0.2, -0.15) is 11.3 Å². The van der Waals surface area contributed by atoms with E-state index < -0.39 is 9.84 Å². The monoisotopic (exact) mass is 247 g/mol. The average molecular weight is 247 g/mol. The van der Waals surface area contributed by atoms with Crippen LogP contribution in [0.25, 0.3) is 0 Å². The van der Waals surface area contributed by atoms with Crippen LogP contribution < -0.4 is 5.32 Å². The first-order chi connectivity index (χ1) is 6.97. The number of rotatable bonds is 6. The lowest BCUT2D eigenvalue weighted by Crippen LogP contribution is -2.32. The van der Waals surface area contributed by atoms with Crippen molar-refractivity contribution in [3.63, 3.8) is 0 Å². The molecule has 5 heteroatoms. The number of nitrogens with one attached hydrogen (secondary N) is 1. The third-order valence-electron chi connectivity index (χ3n) is 2.09. The number of hydrogen-bond donors (Lipinski definition) is 1. The van der Waals surface area contributed by atoms with Gasteiger partial charge in [0.25, 0.3) is 0 Å². The molecule has 1 atom stereocenters. The van der Waals surface area contributed by atoms with Gasteiger partial charge in [0.2, 0.25) is 0 Å². The number of sulfone groups is 1. The normalized spacial score (nSPS) is 14.0. The SMILES string of the molecule is CC(Cc1ccsc1)NCCS(C)(=O)=O. The van der Waals surface area contributed by atoms with Crippen LogP contribution >= 0.6 is 11.3 Å². The smallest absolute Gasteiger partial charge is 0.148 e. The van der Waals surface area contributed by atoms with Crippen LogP contribution in [0.5, 0.6) is 0 Å². The van der Waals surface area contributed by atoms with Crippen LogP contribution in [0, 0.1) is 0 Å². The molecule has 0 aromatic carbocycles. The summed E-state index contributed by atoms with van der Waals surface area (Å²) in [5.74, 6) is 0.209. The van der Waals surface area contributed by atoms with Crippen molar-refractivity contribution >= 4 is 21.2 Å². The Morgan fingerprint density at radius 2 is 2.27 bits per heavy atom. The Balaban J connectivity index is 2.22. The number of thiophene rings is 1. The van der Waals surface area contributed by atoms with Gasteiger partial charge >= 0.3 is 0 Å². The first kappa shape index (κ1) is 12.7. The summed E-state index contributed by atoms with van der Waals surface area (Å²) < 4.78 is 21.8. The van der Waals surface area contributed by atoms with Gasteiger partial charge in [-0.25, -0.2) is 8.42 Å². The van der Waals surface area contributed by atoms with Crippen LogP contribution in [-0.2, 0) is 16.3 Å². The molecule has 0 aliphatic carbocycles. The molecule has 86 valence electrons. The topological polar surface area (TPSA) is 46.2 Å². The molecule has 0 saturated carbocycles. The van der Waals surface area contributed by atoms with E-state index in [0.29, 0.717) is 12.6 Å². The Morgan fingerprint density at radius 3 is 2.80 bits per heavy atom. The maximum Gasteiger partial charge on any atom is 0.148 e. The van der Waals surface area contributed by atoms with E-state index in [1.54, 1.807) is 11.3 Å². The third-order valence-corrected chi connectivity index (χ3v) is 3.77. The van der Waals surface area contributed by atoms with Crippen LogP contribution in [0.15, 0.2) is 16.8 Å². The standard InChI is InChI=1S/C10H17NO2S2/c1-9(7-10-3-5-14-8-10)11-4-6-15(2,12)13/h3,5,8-9,11H,4,6-7H2,1-2H3. The van der Waals surface area contributed by atoms with Gasteiger partial charge in [-0.3, -0.25) is 0 Å². The summed E-state index contributed by atoms with van der Waals surface area (Å²) >= 11 is 1.69. The van der Waals surface area contributed by atoms with E-state index in [-0.39, 0.29) is 5.75 Å². The van der Waals surface area contributed by atoms with Crippen LogP contribution in [-0.4, -0.2) is 33.0 Å². The van der Waals surface area contributed by atoms with E-state index in [4.69, 9.17) is 0 Å². The molecule has 0 saturated heterocycles. The van der Waals surface area contributed by atoms with Crippen molar-refractivity contribution in [1.82, 2.24) is 5.32 Å². The lowest BCUT2D eigenvalue weighted by atomic mass is 10.1. The molecule has 15 heavy (non-hydrogen) atoms. The summed E-state index contributed by atoms with van der Waals surface area (Å²) in [6.45, 7) is 2.60. The molecule has 0 spiro atoms. The Labute approximate surface area is 95.4 Å². The molecular formula is C10H17NO2S2. The lowest BCUT2D eigenvalue weighted by Gasteiger charge is -2.12. The van der Waals surface area contributed by atoms with E-state index in [0.717, 1.165) is 6.42 Å². The highest BCUT2D eigenvalue weighted by Crippen LogP contribution is 2.08. The molecule has 0 aliphatic heterocycles. The Hall–Kier alpha value is -0.390. The first-order valence-electron chi connectivity index (χ1n) is 4.89. The Bertz CT molecular complexity index is 370. The minimum Gasteiger partial charge on any atom is -0.313 e. The molecule has 1 N–H and O–H groups in total. The summed E-state index contributed by atoms with van der Waals surface area (Å²) in [5.41, 5.74) is 1.30. The molecule has 0 aliphatic rings. The molecule has 1 aromatic rings. The lowest BCUT2D eigenvalue weighted by molar-refractivity contribution is 0.556. The van der Waals surface area contributed by atoms with Crippen molar-refractivity contribution in [2.24, 2.45) is 0 Å². The quantitative estimate of drug-likeness (QED) is 0.824. The van der Waals surface area contributed by atoms with Crippen LogP contribution in [0.2, 0.25) is 0 Å². The van der Waals surface area contributed by atoms with Crippen molar-refractivity contribution < 1.29 is 8.42 Å². The van der Waals surface area contributed by atoms with Gasteiger partial charge in [0.1, 0.15) is 9.84 Å².